The lowest BCUT2D eigenvalue weighted by atomic mass is 10.0. The Labute approximate surface area is 196 Å². The van der Waals surface area contributed by atoms with Gasteiger partial charge in [-0.05, 0) is 31.9 Å². The van der Waals surface area contributed by atoms with Gasteiger partial charge in [-0.25, -0.2) is 4.79 Å². The Hall–Kier alpha value is -3.51. The van der Waals surface area contributed by atoms with Gasteiger partial charge in [0.1, 0.15) is 18.1 Å². The smallest absolute Gasteiger partial charge is 0.326 e. The van der Waals surface area contributed by atoms with Gasteiger partial charge in [-0.2, -0.15) is 0 Å². The van der Waals surface area contributed by atoms with Crippen LogP contribution in [0.5, 0.6) is 0 Å². The number of amides is 3. The van der Waals surface area contributed by atoms with Crippen molar-refractivity contribution in [3.63, 3.8) is 0 Å². The van der Waals surface area contributed by atoms with Crippen molar-refractivity contribution in [1.82, 2.24) is 21.3 Å². The quantitative estimate of drug-likeness (QED) is 0.185. The summed E-state index contributed by atoms with van der Waals surface area (Å²) in [7, 11) is 0. The second kappa shape index (κ2) is 12.7. The van der Waals surface area contributed by atoms with E-state index < -0.39 is 66.4 Å². The zero-order valence-corrected chi connectivity index (χ0v) is 18.7. The maximum atomic E-state index is 12.7. The van der Waals surface area contributed by atoms with Crippen molar-refractivity contribution >= 4 is 29.7 Å². The summed E-state index contributed by atoms with van der Waals surface area (Å²) in [5.41, 5.74) is 0.631. The number of hydrogen-bond donors (Lipinski definition) is 7. The molecule has 0 radical (unpaired) electrons. The van der Waals surface area contributed by atoms with Crippen LogP contribution < -0.4 is 21.3 Å². The molecular formula is C22H30N4O8. The van der Waals surface area contributed by atoms with E-state index in [9.17, 15) is 39.3 Å². The fraction of sp³-hybridized carbons (Fsp3) is 0.500. The lowest BCUT2D eigenvalue weighted by Gasteiger charge is -2.26. The summed E-state index contributed by atoms with van der Waals surface area (Å²) in [6.45, 7) is 1.90. The Kier molecular flexibility index (Phi) is 9.95. The molecule has 1 aliphatic heterocycles. The molecule has 5 unspecified atom stereocenters. The minimum absolute atomic E-state index is 0.0591. The molecule has 1 heterocycles. The maximum absolute atomic E-state index is 12.7. The van der Waals surface area contributed by atoms with Crippen molar-refractivity contribution in [2.24, 2.45) is 0 Å². The van der Waals surface area contributed by atoms with Crippen LogP contribution in [-0.4, -0.2) is 81.8 Å². The van der Waals surface area contributed by atoms with E-state index in [0.717, 1.165) is 6.42 Å². The number of aliphatic hydroxyl groups excluding tert-OH is 1. The molecule has 7 N–H and O–H groups in total. The van der Waals surface area contributed by atoms with Crippen LogP contribution in [0.15, 0.2) is 30.3 Å². The number of carbonyl (C=O) groups excluding carboxylic acids is 3. The maximum Gasteiger partial charge on any atom is 0.326 e. The van der Waals surface area contributed by atoms with Gasteiger partial charge < -0.3 is 36.6 Å². The van der Waals surface area contributed by atoms with E-state index in [4.69, 9.17) is 0 Å². The first kappa shape index (κ1) is 26.7. The third-order valence-electron chi connectivity index (χ3n) is 5.35. The number of aliphatic hydroxyl groups is 1. The molecule has 0 spiro atoms. The van der Waals surface area contributed by atoms with Gasteiger partial charge in [0.15, 0.2) is 0 Å². The number of aliphatic carboxylic acids is 2. The molecule has 1 aromatic carbocycles. The van der Waals surface area contributed by atoms with E-state index in [1.165, 1.54) is 6.92 Å². The summed E-state index contributed by atoms with van der Waals surface area (Å²) in [4.78, 5) is 60.8. The summed E-state index contributed by atoms with van der Waals surface area (Å²) in [5, 5.41) is 38.5. The first-order valence-corrected chi connectivity index (χ1v) is 10.9. The lowest BCUT2D eigenvalue weighted by molar-refractivity contribution is -0.143. The number of carbonyl (C=O) groups is 5. The van der Waals surface area contributed by atoms with Crippen molar-refractivity contribution in [2.45, 2.75) is 62.9 Å². The van der Waals surface area contributed by atoms with Crippen molar-refractivity contribution in [3.8, 4) is 0 Å². The second-order valence-electron chi connectivity index (χ2n) is 8.12. The molecule has 0 saturated carbocycles. The molecule has 1 saturated heterocycles. The lowest BCUT2D eigenvalue weighted by Crippen LogP contribution is -2.60. The average Bonchev–Trinajstić information content (AvgIpc) is 3.31. The van der Waals surface area contributed by atoms with Gasteiger partial charge in [0.05, 0.1) is 18.6 Å². The van der Waals surface area contributed by atoms with Gasteiger partial charge >= 0.3 is 11.9 Å². The van der Waals surface area contributed by atoms with Crippen molar-refractivity contribution in [2.75, 3.05) is 6.54 Å². The van der Waals surface area contributed by atoms with Crippen LogP contribution in [0.1, 0.15) is 31.7 Å². The van der Waals surface area contributed by atoms with Crippen molar-refractivity contribution < 1.29 is 39.3 Å². The first-order chi connectivity index (χ1) is 16.1. The molecule has 12 nitrogen and oxygen atoms in total. The van der Waals surface area contributed by atoms with Gasteiger partial charge in [-0.15, -0.1) is 0 Å². The summed E-state index contributed by atoms with van der Waals surface area (Å²) in [6, 6.07) is 3.52. The van der Waals surface area contributed by atoms with Crippen LogP contribution in [0.4, 0.5) is 0 Å². The van der Waals surface area contributed by atoms with Gasteiger partial charge in [0.2, 0.25) is 17.7 Å². The van der Waals surface area contributed by atoms with Crippen LogP contribution >= 0.6 is 0 Å². The standard InChI is InChI=1S/C22H30N4O8/c1-12(27)18(26-19(30)14-8-5-9-23-14)21(32)24-15(11-17(28)29)20(31)25-16(22(33)34)10-13-6-3-2-4-7-13/h2-4,6-7,12,14-16,18,23,27H,5,8-11H2,1H3,(H,24,32)(H,25,31)(H,26,30)(H,28,29)(H,33,34). The fourth-order valence-electron chi connectivity index (χ4n) is 3.53. The summed E-state index contributed by atoms with van der Waals surface area (Å²) in [6.07, 6.45) is -0.903. The molecule has 186 valence electrons. The van der Waals surface area contributed by atoms with Gasteiger partial charge in [-0.3, -0.25) is 19.2 Å². The molecule has 12 heteroatoms. The van der Waals surface area contributed by atoms with Crippen LogP contribution in [-0.2, 0) is 30.4 Å². The highest BCUT2D eigenvalue weighted by molar-refractivity contribution is 5.95. The Balaban J connectivity index is 2.10. The molecule has 5 atom stereocenters. The molecule has 1 aliphatic rings. The number of rotatable bonds is 12. The Morgan fingerprint density at radius 3 is 2.18 bits per heavy atom. The topological polar surface area (TPSA) is 194 Å². The summed E-state index contributed by atoms with van der Waals surface area (Å²) in [5.74, 6) is -5.25. The number of hydrogen-bond acceptors (Lipinski definition) is 7. The average molecular weight is 479 g/mol. The van der Waals surface area contributed by atoms with E-state index in [0.29, 0.717) is 18.5 Å². The molecule has 1 aromatic rings. The highest BCUT2D eigenvalue weighted by Gasteiger charge is 2.34. The second-order valence-corrected chi connectivity index (χ2v) is 8.12. The van der Waals surface area contributed by atoms with Crippen LogP contribution in [0.2, 0.25) is 0 Å². The molecule has 0 aromatic heterocycles. The van der Waals surface area contributed by atoms with Crippen LogP contribution in [0.3, 0.4) is 0 Å². The van der Waals surface area contributed by atoms with Gasteiger partial charge in [0.25, 0.3) is 0 Å². The minimum Gasteiger partial charge on any atom is -0.481 e. The van der Waals surface area contributed by atoms with E-state index in [2.05, 4.69) is 21.3 Å². The molecule has 1 fully saturated rings. The monoisotopic (exact) mass is 478 g/mol. The summed E-state index contributed by atoms with van der Waals surface area (Å²) >= 11 is 0. The Bertz CT molecular complexity index is 886. The SMILES string of the molecule is CC(O)C(NC(=O)C1CCCN1)C(=O)NC(CC(=O)O)C(=O)NC(Cc1ccccc1)C(=O)O. The van der Waals surface area contributed by atoms with Crippen LogP contribution in [0, 0.1) is 0 Å². The number of nitrogens with one attached hydrogen (secondary N) is 4. The van der Waals surface area contributed by atoms with E-state index >= 15 is 0 Å². The highest BCUT2D eigenvalue weighted by atomic mass is 16.4. The summed E-state index contributed by atoms with van der Waals surface area (Å²) < 4.78 is 0. The highest BCUT2D eigenvalue weighted by Crippen LogP contribution is 2.07. The zero-order valence-electron chi connectivity index (χ0n) is 18.7. The molecule has 0 aliphatic carbocycles. The van der Waals surface area contributed by atoms with Crippen LogP contribution in [0.25, 0.3) is 0 Å². The van der Waals surface area contributed by atoms with Crippen molar-refractivity contribution in [1.29, 1.82) is 0 Å². The normalized spacial score (nSPS) is 18.7. The van der Waals surface area contributed by atoms with E-state index in [1.54, 1.807) is 30.3 Å². The largest absolute Gasteiger partial charge is 0.481 e. The zero-order chi connectivity index (χ0) is 25.3. The van der Waals surface area contributed by atoms with Crippen molar-refractivity contribution in [3.05, 3.63) is 35.9 Å². The molecule has 34 heavy (non-hydrogen) atoms. The van der Waals surface area contributed by atoms with E-state index in [-0.39, 0.29) is 6.42 Å². The Morgan fingerprint density at radius 2 is 1.65 bits per heavy atom. The minimum atomic E-state index is -1.63. The molecule has 0 bridgehead atoms. The predicted molar refractivity (Wildman–Crippen MR) is 119 cm³/mol. The third kappa shape index (κ3) is 8.12. The number of carboxylic acids is 2. The number of carboxylic acid groups (broad SMARTS) is 2. The van der Waals surface area contributed by atoms with Gasteiger partial charge in [0, 0.05) is 6.42 Å². The first-order valence-electron chi connectivity index (χ1n) is 10.9. The molecule has 3 amide bonds. The molecular weight excluding hydrogens is 448 g/mol. The molecule has 2 rings (SSSR count). The fourth-order valence-corrected chi connectivity index (χ4v) is 3.53. The van der Waals surface area contributed by atoms with Gasteiger partial charge in [-0.1, -0.05) is 30.3 Å². The van der Waals surface area contributed by atoms with E-state index in [1.807, 2.05) is 0 Å². The third-order valence-corrected chi connectivity index (χ3v) is 5.35. The number of benzene rings is 1. The predicted octanol–water partition coefficient (Wildman–Crippen LogP) is -1.62. The Morgan fingerprint density at radius 1 is 1.00 bits per heavy atom.